The first-order chi connectivity index (χ1) is 7.84. The summed E-state index contributed by atoms with van der Waals surface area (Å²) in [7, 11) is 0. The van der Waals surface area contributed by atoms with Crippen molar-refractivity contribution in [3.63, 3.8) is 0 Å². The van der Waals surface area contributed by atoms with E-state index in [9.17, 15) is 5.11 Å². The molecule has 0 spiro atoms. The molecule has 0 aliphatic heterocycles. The van der Waals surface area contributed by atoms with Gasteiger partial charge in [-0.1, -0.05) is 42.5 Å². The van der Waals surface area contributed by atoms with Crippen LogP contribution < -0.4 is 0 Å². The van der Waals surface area contributed by atoms with Crippen LogP contribution in [0, 0.1) is 0 Å². The Morgan fingerprint density at radius 2 is 1.50 bits per heavy atom. The summed E-state index contributed by atoms with van der Waals surface area (Å²) in [5, 5.41) is 9.45. The van der Waals surface area contributed by atoms with Crippen LogP contribution in [0.4, 0.5) is 0 Å². The third kappa shape index (κ3) is 1.69. The van der Waals surface area contributed by atoms with E-state index in [-0.39, 0.29) is 0 Å². The van der Waals surface area contributed by atoms with E-state index in [1.165, 1.54) is 17.5 Å². The summed E-state index contributed by atoms with van der Waals surface area (Å²) < 4.78 is 0. The van der Waals surface area contributed by atoms with Crippen molar-refractivity contribution < 1.29 is 5.11 Å². The Labute approximate surface area is 95.4 Å². The molecule has 1 N–H and O–H groups in total. The highest BCUT2D eigenvalue weighted by Gasteiger charge is 2.39. The van der Waals surface area contributed by atoms with Gasteiger partial charge in [-0.3, -0.25) is 0 Å². The topological polar surface area (TPSA) is 20.2 Å². The zero-order chi connectivity index (χ0) is 11.0. The minimum atomic E-state index is 0.371. The second kappa shape index (κ2) is 3.67. The summed E-state index contributed by atoms with van der Waals surface area (Å²) in [5.41, 5.74) is 2.67. The Kier molecular flexibility index (Phi) is 2.17. The van der Waals surface area contributed by atoms with Gasteiger partial charge in [0, 0.05) is 0 Å². The van der Waals surface area contributed by atoms with Crippen molar-refractivity contribution in [3.05, 3.63) is 65.7 Å². The van der Waals surface area contributed by atoms with Crippen LogP contribution in [0.3, 0.4) is 0 Å². The van der Waals surface area contributed by atoms with Crippen LogP contribution in [0.2, 0.25) is 0 Å². The van der Waals surface area contributed by atoms with Gasteiger partial charge in [-0.2, -0.15) is 0 Å². The van der Waals surface area contributed by atoms with E-state index in [0.29, 0.717) is 17.6 Å². The molecule has 1 nitrogen and oxygen atoms in total. The van der Waals surface area contributed by atoms with E-state index in [1.54, 1.807) is 6.07 Å². The summed E-state index contributed by atoms with van der Waals surface area (Å²) in [6, 6.07) is 18.2. The first kappa shape index (κ1) is 9.46. The van der Waals surface area contributed by atoms with Gasteiger partial charge in [0.2, 0.25) is 0 Å². The van der Waals surface area contributed by atoms with Crippen molar-refractivity contribution in [1.29, 1.82) is 0 Å². The molecule has 0 bridgehead atoms. The van der Waals surface area contributed by atoms with Gasteiger partial charge in [-0.25, -0.2) is 0 Å². The maximum Gasteiger partial charge on any atom is 0.115 e. The third-order valence-electron chi connectivity index (χ3n) is 3.32. The van der Waals surface area contributed by atoms with Crippen LogP contribution >= 0.6 is 0 Å². The molecule has 0 unspecified atom stereocenters. The summed E-state index contributed by atoms with van der Waals surface area (Å²) in [6.45, 7) is 0. The molecule has 16 heavy (non-hydrogen) atoms. The molecule has 2 aromatic carbocycles. The zero-order valence-electron chi connectivity index (χ0n) is 9.01. The molecule has 3 rings (SSSR count). The maximum absolute atomic E-state index is 9.45. The average molecular weight is 210 g/mol. The fourth-order valence-electron chi connectivity index (χ4n) is 2.39. The monoisotopic (exact) mass is 210 g/mol. The fourth-order valence-corrected chi connectivity index (χ4v) is 2.39. The molecule has 0 amide bonds. The third-order valence-corrected chi connectivity index (χ3v) is 3.32. The quantitative estimate of drug-likeness (QED) is 0.802. The maximum atomic E-state index is 9.45. The molecule has 2 atom stereocenters. The Balaban J connectivity index is 1.82. The predicted octanol–water partition coefficient (Wildman–Crippen LogP) is 3.66. The molecule has 1 fully saturated rings. The fraction of sp³-hybridized carbons (Fsp3) is 0.200. The van der Waals surface area contributed by atoms with E-state index < -0.39 is 0 Å². The SMILES string of the molecule is Oc1cccc([C@@H]2C[C@H]2c2ccccc2)c1. The molecule has 0 heterocycles. The van der Waals surface area contributed by atoms with Crippen LogP contribution in [-0.4, -0.2) is 5.11 Å². The highest BCUT2D eigenvalue weighted by molar-refractivity contribution is 5.39. The summed E-state index contributed by atoms with van der Waals surface area (Å²) >= 11 is 0. The lowest BCUT2D eigenvalue weighted by atomic mass is 10.0. The van der Waals surface area contributed by atoms with Gasteiger partial charge in [0.15, 0.2) is 0 Å². The van der Waals surface area contributed by atoms with Gasteiger partial charge >= 0.3 is 0 Å². The van der Waals surface area contributed by atoms with Gasteiger partial charge < -0.3 is 5.11 Å². The van der Waals surface area contributed by atoms with Crippen molar-refractivity contribution in [2.45, 2.75) is 18.3 Å². The molecule has 1 heteroatoms. The minimum absolute atomic E-state index is 0.371. The Morgan fingerprint density at radius 1 is 0.812 bits per heavy atom. The molecule has 1 saturated carbocycles. The van der Waals surface area contributed by atoms with Crippen LogP contribution in [0.25, 0.3) is 0 Å². The first-order valence-corrected chi connectivity index (χ1v) is 5.68. The predicted molar refractivity (Wildman–Crippen MR) is 64.6 cm³/mol. The van der Waals surface area contributed by atoms with Crippen molar-refractivity contribution in [3.8, 4) is 5.75 Å². The van der Waals surface area contributed by atoms with Gasteiger partial charge in [0.1, 0.15) is 5.75 Å². The summed E-state index contributed by atoms with van der Waals surface area (Å²) in [5.74, 6) is 1.61. The van der Waals surface area contributed by atoms with Crippen LogP contribution in [0.1, 0.15) is 29.4 Å². The number of rotatable bonds is 2. The number of phenolic OH excluding ortho intramolecular Hbond substituents is 1. The van der Waals surface area contributed by atoms with Crippen LogP contribution in [0.15, 0.2) is 54.6 Å². The van der Waals surface area contributed by atoms with E-state index in [0.717, 1.165) is 0 Å². The summed E-state index contributed by atoms with van der Waals surface area (Å²) in [4.78, 5) is 0. The van der Waals surface area contributed by atoms with Gasteiger partial charge in [0.05, 0.1) is 0 Å². The van der Waals surface area contributed by atoms with Crippen molar-refractivity contribution in [2.75, 3.05) is 0 Å². The van der Waals surface area contributed by atoms with E-state index in [2.05, 4.69) is 36.4 Å². The molecule has 1 aliphatic rings. The number of hydrogen-bond acceptors (Lipinski definition) is 1. The molecular weight excluding hydrogens is 196 g/mol. The van der Waals surface area contributed by atoms with Crippen LogP contribution in [-0.2, 0) is 0 Å². The Morgan fingerprint density at radius 3 is 2.25 bits per heavy atom. The number of phenols is 1. The second-order valence-corrected chi connectivity index (χ2v) is 4.45. The standard InChI is InChI=1S/C15H14O/c16-13-8-4-7-12(9-13)15-10-14(15)11-5-2-1-3-6-11/h1-9,14-16H,10H2/t14-,15-/m0/s1. The Bertz CT molecular complexity index is 490. The smallest absolute Gasteiger partial charge is 0.115 e. The van der Waals surface area contributed by atoms with Crippen molar-refractivity contribution in [1.82, 2.24) is 0 Å². The molecular formula is C15H14O. The lowest BCUT2D eigenvalue weighted by Gasteiger charge is -2.01. The highest BCUT2D eigenvalue weighted by atomic mass is 16.3. The largest absolute Gasteiger partial charge is 0.508 e. The number of benzene rings is 2. The van der Waals surface area contributed by atoms with Gasteiger partial charge in [-0.05, 0) is 41.5 Å². The van der Waals surface area contributed by atoms with Crippen molar-refractivity contribution >= 4 is 0 Å². The van der Waals surface area contributed by atoms with Crippen molar-refractivity contribution in [2.24, 2.45) is 0 Å². The second-order valence-electron chi connectivity index (χ2n) is 4.45. The molecule has 0 radical (unpaired) electrons. The lowest BCUT2D eigenvalue weighted by Crippen LogP contribution is -1.83. The van der Waals surface area contributed by atoms with E-state index in [1.807, 2.05) is 12.1 Å². The van der Waals surface area contributed by atoms with Crippen LogP contribution in [0.5, 0.6) is 5.75 Å². The zero-order valence-corrected chi connectivity index (χ0v) is 9.01. The lowest BCUT2D eigenvalue weighted by molar-refractivity contribution is 0.474. The number of hydrogen-bond donors (Lipinski definition) is 1. The molecule has 0 saturated heterocycles. The molecule has 2 aromatic rings. The molecule has 80 valence electrons. The molecule has 1 aliphatic carbocycles. The molecule has 0 aromatic heterocycles. The summed E-state index contributed by atoms with van der Waals surface area (Å²) in [6.07, 6.45) is 1.20. The Hall–Kier alpha value is -1.76. The van der Waals surface area contributed by atoms with Gasteiger partial charge in [-0.15, -0.1) is 0 Å². The van der Waals surface area contributed by atoms with Gasteiger partial charge in [0.25, 0.3) is 0 Å². The first-order valence-electron chi connectivity index (χ1n) is 5.68. The minimum Gasteiger partial charge on any atom is -0.508 e. The highest BCUT2D eigenvalue weighted by Crippen LogP contribution is 2.54. The number of aromatic hydroxyl groups is 1. The normalized spacial score (nSPS) is 23.0. The average Bonchev–Trinajstić information content (AvgIpc) is 3.10. The van der Waals surface area contributed by atoms with E-state index >= 15 is 0 Å². The van der Waals surface area contributed by atoms with E-state index in [4.69, 9.17) is 0 Å².